The molecule has 0 bridgehead atoms. The molecule has 31 heavy (non-hydrogen) atoms. The summed E-state index contributed by atoms with van der Waals surface area (Å²) < 4.78 is 5.89. The smallest absolute Gasteiger partial charge is 0.191 e. The van der Waals surface area contributed by atoms with Crippen molar-refractivity contribution in [3.63, 3.8) is 0 Å². The number of morpholine rings is 1. The molecule has 1 aromatic carbocycles. The summed E-state index contributed by atoms with van der Waals surface area (Å²) in [5.41, 5.74) is 2.71. The summed E-state index contributed by atoms with van der Waals surface area (Å²) in [6, 6.07) is 8.98. The average Bonchev–Trinajstić information content (AvgIpc) is 3.21. The molecule has 176 valence electrons. The molecule has 0 saturated carbocycles. The SMILES string of the molecule is CN=C(NCc1ccc(CN2CCCC2)cc1)NCC(C)(C)N1CC(C)OC(C)C1.I. The van der Waals surface area contributed by atoms with Gasteiger partial charge in [-0.05, 0) is 64.8 Å². The van der Waals surface area contributed by atoms with E-state index in [0.717, 1.165) is 38.7 Å². The number of hydrogen-bond donors (Lipinski definition) is 2. The molecular formula is C24H42IN5O. The van der Waals surface area contributed by atoms with E-state index < -0.39 is 0 Å². The summed E-state index contributed by atoms with van der Waals surface area (Å²) in [4.78, 5) is 9.47. The number of nitrogens with one attached hydrogen (secondary N) is 2. The fraction of sp³-hybridized carbons (Fsp3) is 0.708. The molecule has 0 aliphatic carbocycles. The van der Waals surface area contributed by atoms with Crippen LogP contribution in [0.15, 0.2) is 29.3 Å². The zero-order chi connectivity index (χ0) is 21.6. The lowest BCUT2D eigenvalue weighted by Gasteiger charge is -2.45. The maximum atomic E-state index is 5.89. The quantitative estimate of drug-likeness (QED) is 0.314. The van der Waals surface area contributed by atoms with Crippen LogP contribution in [-0.2, 0) is 17.8 Å². The Hall–Kier alpha value is -0.900. The van der Waals surface area contributed by atoms with Crippen LogP contribution >= 0.6 is 24.0 Å². The zero-order valence-corrected chi connectivity index (χ0v) is 22.3. The Balaban J connectivity index is 0.00000341. The van der Waals surface area contributed by atoms with Gasteiger partial charge in [-0.2, -0.15) is 0 Å². The molecule has 2 aliphatic rings. The van der Waals surface area contributed by atoms with E-state index in [0.29, 0.717) is 0 Å². The summed E-state index contributed by atoms with van der Waals surface area (Å²) in [5, 5.41) is 6.97. The largest absolute Gasteiger partial charge is 0.373 e. The first-order valence-corrected chi connectivity index (χ1v) is 11.5. The van der Waals surface area contributed by atoms with Gasteiger partial charge in [0.1, 0.15) is 0 Å². The molecule has 2 heterocycles. The highest BCUT2D eigenvalue weighted by Crippen LogP contribution is 2.20. The highest BCUT2D eigenvalue weighted by Gasteiger charge is 2.33. The first-order chi connectivity index (χ1) is 14.4. The molecule has 0 spiro atoms. The third kappa shape index (κ3) is 8.18. The van der Waals surface area contributed by atoms with Gasteiger partial charge in [-0.25, -0.2) is 0 Å². The van der Waals surface area contributed by atoms with Gasteiger partial charge < -0.3 is 15.4 Å². The lowest BCUT2D eigenvalue weighted by molar-refractivity contribution is -0.0946. The van der Waals surface area contributed by atoms with Gasteiger partial charge in [-0.1, -0.05) is 24.3 Å². The van der Waals surface area contributed by atoms with Crippen LogP contribution in [0.1, 0.15) is 51.7 Å². The van der Waals surface area contributed by atoms with Gasteiger partial charge in [0.15, 0.2) is 5.96 Å². The molecule has 6 nitrogen and oxygen atoms in total. The van der Waals surface area contributed by atoms with E-state index in [1.165, 1.54) is 37.1 Å². The van der Waals surface area contributed by atoms with Crippen molar-refractivity contribution in [3.05, 3.63) is 35.4 Å². The molecule has 2 fully saturated rings. The van der Waals surface area contributed by atoms with Crippen molar-refractivity contribution in [1.29, 1.82) is 0 Å². The highest BCUT2D eigenvalue weighted by atomic mass is 127. The van der Waals surface area contributed by atoms with Gasteiger partial charge in [0.25, 0.3) is 0 Å². The van der Waals surface area contributed by atoms with Gasteiger partial charge in [0, 0.05) is 45.3 Å². The number of benzene rings is 1. The monoisotopic (exact) mass is 543 g/mol. The van der Waals surface area contributed by atoms with E-state index >= 15 is 0 Å². The summed E-state index contributed by atoms with van der Waals surface area (Å²) in [6.07, 6.45) is 3.24. The van der Waals surface area contributed by atoms with E-state index in [1.807, 2.05) is 7.05 Å². The molecule has 2 unspecified atom stereocenters. The predicted octanol–water partition coefficient (Wildman–Crippen LogP) is 3.45. The number of guanidine groups is 1. The Labute approximate surface area is 206 Å². The van der Waals surface area contributed by atoms with Crippen molar-refractivity contribution in [2.75, 3.05) is 39.8 Å². The van der Waals surface area contributed by atoms with Crippen LogP contribution < -0.4 is 10.6 Å². The van der Waals surface area contributed by atoms with Crippen LogP contribution in [0.25, 0.3) is 0 Å². The third-order valence-corrected chi connectivity index (χ3v) is 6.28. The van der Waals surface area contributed by atoms with Crippen LogP contribution in [0.4, 0.5) is 0 Å². The number of likely N-dealkylation sites (tertiary alicyclic amines) is 1. The Kier molecular flexibility index (Phi) is 10.5. The molecule has 0 aromatic heterocycles. The average molecular weight is 544 g/mol. The number of rotatable bonds is 7. The van der Waals surface area contributed by atoms with Gasteiger partial charge >= 0.3 is 0 Å². The Morgan fingerprint density at radius 3 is 2.19 bits per heavy atom. The van der Waals surface area contributed by atoms with Crippen LogP contribution in [0, 0.1) is 0 Å². The number of halogens is 1. The van der Waals surface area contributed by atoms with E-state index in [9.17, 15) is 0 Å². The van der Waals surface area contributed by atoms with Gasteiger partial charge in [-0.3, -0.25) is 14.8 Å². The van der Waals surface area contributed by atoms with Crippen LogP contribution in [0.2, 0.25) is 0 Å². The highest BCUT2D eigenvalue weighted by molar-refractivity contribution is 14.0. The van der Waals surface area contributed by atoms with E-state index in [4.69, 9.17) is 4.74 Å². The molecule has 3 rings (SSSR count). The Bertz CT molecular complexity index is 678. The molecule has 2 N–H and O–H groups in total. The number of nitrogens with zero attached hydrogens (tertiary/aromatic N) is 3. The van der Waals surface area contributed by atoms with Crippen molar-refractivity contribution in [2.24, 2.45) is 4.99 Å². The zero-order valence-electron chi connectivity index (χ0n) is 20.0. The normalized spacial score (nSPS) is 23.5. The van der Waals surface area contributed by atoms with Crippen LogP contribution in [0.3, 0.4) is 0 Å². The van der Waals surface area contributed by atoms with Crippen molar-refractivity contribution in [3.8, 4) is 0 Å². The molecule has 1 aromatic rings. The first kappa shape index (κ1) is 26.4. The summed E-state index contributed by atoms with van der Waals surface area (Å²) in [5.74, 6) is 0.846. The maximum absolute atomic E-state index is 5.89. The van der Waals surface area contributed by atoms with Crippen molar-refractivity contribution >= 4 is 29.9 Å². The van der Waals surface area contributed by atoms with E-state index in [-0.39, 0.29) is 41.7 Å². The maximum Gasteiger partial charge on any atom is 0.191 e. The lowest BCUT2D eigenvalue weighted by Crippen LogP contribution is -2.59. The fourth-order valence-electron chi connectivity index (χ4n) is 4.45. The lowest BCUT2D eigenvalue weighted by atomic mass is 10.00. The molecule has 2 aliphatic heterocycles. The topological polar surface area (TPSA) is 52.1 Å². The fourth-order valence-corrected chi connectivity index (χ4v) is 4.45. The standard InChI is InChI=1S/C24H41N5O.HI/c1-19-15-29(16-20(2)30-19)24(3,4)18-27-23(25-5)26-14-21-8-10-22(11-9-21)17-28-12-6-7-13-28;/h8-11,19-20H,6-7,12-18H2,1-5H3,(H2,25,26,27);1H. The van der Waals surface area contributed by atoms with E-state index in [1.54, 1.807) is 0 Å². The van der Waals surface area contributed by atoms with Crippen molar-refractivity contribution in [2.45, 2.75) is 71.4 Å². The summed E-state index contributed by atoms with van der Waals surface area (Å²) >= 11 is 0. The van der Waals surface area contributed by atoms with Gasteiger partial charge in [-0.15, -0.1) is 24.0 Å². The molecule has 7 heteroatoms. The number of hydrogen-bond acceptors (Lipinski definition) is 4. The Morgan fingerprint density at radius 2 is 1.61 bits per heavy atom. The van der Waals surface area contributed by atoms with Gasteiger partial charge in [0.2, 0.25) is 0 Å². The van der Waals surface area contributed by atoms with Crippen molar-refractivity contribution < 1.29 is 4.74 Å². The molecule has 2 atom stereocenters. The Morgan fingerprint density at radius 1 is 1.03 bits per heavy atom. The number of aliphatic imine (C=N–C) groups is 1. The van der Waals surface area contributed by atoms with Crippen molar-refractivity contribution in [1.82, 2.24) is 20.4 Å². The molecule has 0 radical (unpaired) electrons. The first-order valence-electron chi connectivity index (χ1n) is 11.5. The second-order valence-corrected chi connectivity index (χ2v) is 9.55. The number of ether oxygens (including phenoxy) is 1. The minimum absolute atomic E-state index is 0. The summed E-state index contributed by atoms with van der Waals surface area (Å²) in [7, 11) is 1.83. The third-order valence-electron chi connectivity index (χ3n) is 6.28. The van der Waals surface area contributed by atoms with Crippen LogP contribution in [-0.4, -0.2) is 73.3 Å². The summed E-state index contributed by atoms with van der Waals surface area (Å²) in [6.45, 7) is 16.0. The second kappa shape index (κ2) is 12.4. The predicted molar refractivity (Wildman–Crippen MR) is 140 cm³/mol. The van der Waals surface area contributed by atoms with Gasteiger partial charge in [0.05, 0.1) is 12.2 Å². The van der Waals surface area contributed by atoms with Crippen LogP contribution in [0.5, 0.6) is 0 Å². The molecule has 0 amide bonds. The minimum Gasteiger partial charge on any atom is -0.373 e. The van der Waals surface area contributed by atoms with E-state index in [2.05, 4.69) is 77.4 Å². The molecular weight excluding hydrogens is 501 g/mol. The molecule has 2 saturated heterocycles. The minimum atomic E-state index is 0. The second-order valence-electron chi connectivity index (χ2n) is 9.55.